The van der Waals surface area contributed by atoms with Gasteiger partial charge in [0.05, 0.1) is 42.9 Å². The van der Waals surface area contributed by atoms with E-state index < -0.39 is 5.97 Å². The van der Waals surface area contributed by atoms with E-state index in [0.29, 0.717) is 34.8 Å². The van der Waals surface area contributed by atoms with Gasteiger partial charge in [0.15, 0.2) is 0 Å². The van der Waals surface area contributed by atoms with Crippen molar-refractivity contribution in [2.24, 2.45) is 0 Å². The van der Waals surface area contributed by atoms with Crippen LogP contribution in [-0.4, -0.2) is 62.6 Å². The van der Waals surface area contributed by atoms with Crippen molar-refractivity contribution in [2.75, 3.05) is 13.7 Å². The summed E-state index contributed by atoms with van der Waals surface area (Å²) in [6.07, 6.45) is 5.99. The van der Waals surface area contributed by atoms with E-state index in [1.165, 1.54) is 18.1 Å². The van der Waals surface area contributed by atoms with Gasteiger partial charge in [0.1, 0.15) is 6.10 Å². The summed E-state index contributed by atoms with van der Waals surface area (Å²) < 4.78 is 11.0. The van der Waals surface area contributed by atoms with Crippen LogP contribution >= 0.6 is 0 Å². The fourth-order valence-electron chi connectivity index (χ4n) is 3.90. The summed E-state index contributed by atoms with van der Waals surface area (Å²) in [6.45, 7) is 4.21. The summed E-state index contributed by atoms with van der Waals surface area (Å²) in [5.74, 6) is -0.166. The maximum absolute atomic E-state index is 13.5. The molecule has 0 saturated carbocycles. The molecule has 1 aliphatic heterocycles. The minimum Gasteiger partial charge on any atom is -0.472 e. The van der Waals surface area contributed by atoms with E-state index in [1.54, 1.807) is 31.5 Å². The van der Waals surface area contributed by atoms with Crippen LogP contribution < -0.4 is 4.74 Å². The second kappa shape index (κ2) is 9.17. The molecule has 1 saturated heterocycles. The van der Waals surface area contributed by atoms with Gasteiger partial charge in [-0.3, -0.25) is 4.79 Å². The Morgan fingerprint density at radius 1 is 1.03 bits per heavy atom. The van der Waals surface area contributed by atoms with Crippen molar-refractivity contribution in [1.29, 1.82) is 0 Å². The Labute approximate surface area is 186 Å². The molecule has 9 nitrogen and oxygen atoms in total. The average Bonchev–Trinajstić information content (AvgIpc) is 3.35. The number of piperidine rings is 1. The van der Waals surface area contributed by atoms with Crippen LogP contribution in [0.2, 0.25) is 0 Å². The normalized spacial score (nSPS) is 18.3. The molecule has 0 aliphatic carbocycles. The van der Waals surface area contributed by atoms with Crippen LogP contribution in [0.5, 0.6) is 5.88 Å². The summed E-state index contributed by atoms with van der Waals surface area (Å²) in [4.78, 5) is 33.0. The number of benzene rings is 1. The van der Waals surface area contributed by atoms with Crippen LogP contribution in [0.4, 0.5) is 0 Å². The molecule has 0 radical (unpaired) electrons. The molecular formula is C23H25N5O4. The monoisotopic (exact) mass is 435 g/mol. The number of hydrogen-bond donors (Lipinski definition) is 0. The number of ether oxygens (including phenoxy) is 2. The zero-order chi connectivity index (χ0) is 22.7. The first-order chi connectivity index (χ1) is 15.5. The smallest absolute Gasteiger partial charge is 0.338 e. The first-order valence-electron chi connectivity index (χ1n) is 10.5. The Morgan fingerprint density at radius 2 is 1.78 bits per heavy atom. The summed E-state index contributed by atoms with van der Waals surface area (Å²) in [5.41, 5.74) is 2.18. The minimum absolute atomic E-state index is 0.0523. The van der Waals surface area contributed by atoms with Crippen molar-refractivity contribution in [2.45, 2.75) is 38.8 Å². The molecule has 1 aromatic carbocycles. The second-order valence-electron chi connectivity index (χ2n) is 7.74. The Bertz CT molecular complexity index is 1120. The molecule has 1 fully saturated rings. The van der Waals surface area contributed by atoms with Crippen molar-refractivity contribution < 1.29 is 19.1 Å². The molecule has 3 heterocycles. The van der Waals surface area contributed by atoms with Crippen molar-refractivity contribution in [1.82, 2.24) is 24.9 Å². The molecule has 166 valence electrons. The molecule has 32 heavy (non-hydrogen) atoms. The maximum Gasteiger partial charge on any atom is 0.338 e. The highest BCUT2D eigenvalue weighted by atomic mass is 16.5. The summed E-state index contributed by atoms with van der Waals surface area (Å²) in [6, 6.07) is 8.94. The molecule has 1 amide bonds. The number of para-hydroxylation sites is 1. The summed E-state index contributed by atoms with van der Waals surface area (Å²) >= 11 is 0. The standard InChI is InChI=1S/C23H25N5O4/c1-15-8-9-17(32-21-16(2)18(10-11-24-21)23(30)31-3)14-27(15)22(29)19-6-4-5-7-20(19)28-25-12-13-26-28/h4-7,10-13,15,17H,8-9,14H2,1-3H3/t15-,17-/m1/s1. The predicted molar refractivity (Wildman–Crippen MR) is 116 cm³/mol. The third kappa shape index (κ3) is 4.18. The molecule has 3 aromatic rings. The van der Waals surface area contributed by atoms with Gasteiger partial charge in [0, 0.05) is 17.8 Å². The van der Waals surface area contributed by atoms with Crippen molar-refractivity contribution in [3.8, 4) is 11.6 Å². The van der Waals surface area contributed by atoms with Gasteiger partial charge >= 0.3 is 5.97 Å². The van der Waals surface area contributed by atoms with Crippen molar-refractivity contribution >= 4 is 11.9 Å². The fraction of sp³-hybridized carbons (Fsp3) is 0.348. The average molecular weight is 435 g/mol. The molecule has 2 aromatic heterocycles. The van der Waals surface area contributed by atoms with E-state index in [0.717, 1.165) is 12.8 Å². The van der Waals surface area contributed by atoms with Crippen LogP contribution in [0, 0.1) is 6.92 Å². The van der Waals surface area contributed by atoms with Crippen LogP contribution in [0.3, 0.4) is 0 Å². The fourth-order valence-corrected chi connectivity index (χ4v) is 3.90. The highest BCUT2D eigenvalue weighted by molar-refractivity contribution is 5.98. The SMILES string of the molecule is COC(=O)c1ccnc(O[C@@H]2CC[C@@H](C)N(C(=O)c3ccccc3-n3nccn3)C2)c1C. The quantitative estimate of drug-likeness (QED) is 0.568. The van der Waals surface area contributed by atoms with E-state index in [-0.39, 0.29) is 18.1 Å². The zero-order valence-corrected chi connectivity index (χ0v) is 18.3. The van der Waals surface area contributed by atoms with E-state index in [9.17, 15) is 9.59 Å². The Balaban J connectivity index is 1.55. The lowest BCUT2D eigenvalue weighted by molar-refractivity contribution is 0.0370. The van der Waals surface area contributed by atoms with Crippen molar-refractivity contribution in [3.05, 3.63) is 65.6 Å². The zero-order valence-electron chi connectivity index (χ0n) is 18.3. The number of esters is 1. The van der Waals surface area contributed by atoms with Crippen LogP contribution in [0.1, 0.15) is 46.0 Å². The second-order valence-corrected chi connectivity index (χ2v) is 7.74. The minimum atomic E-state index is -0.437. The number of likely N-dealkylation sites (tertiary alicyclic amines) is 1. The molecular weight excluding hydrogens is 410 g/mol. The lowest BCUT2D eigenvalue weighted by atomic mass is 9.99. The van der Waals surface area contributed by atoms with E-state index in [2.05, 4.69) is 15.2 Å². The number of aromatic nitrogens is 4. The number of hydrogen-bond acceptors (Lipinski definition) is 7. The molecule has 9 heteroatoms. The highest BCUT2D eigenvalue weighted by Crippen LogP contribution is 2.27. The number of methoxy groups -OCH3 is 1. The Kier molecular flexibility index (Phi) is 6.16. The van der Waals surface area contributed by atoms with E-state index >= 15 is 0 Å². The number of nitrogens with zero attached hydrogens (tertiary/aromatic N) is 5. The first kappa shape index (κ1) is 21.5. The lowest BCUT2D eigenvalue weighted by Crippen LogP contribution is -2.49. The van der Waals surface area contributed by atoms with Crippen molar-refractivity contribution in [3.63, 3.8) is 0 Å². The molecule has 0 bridgehead atoms. The van der Waals surface area contributed by atoms with Gasteiger partial charge in [-0.2, -0.15) is 15.0 Å². The van der Waals surface area contributed by atoms with Gasteiger partial charge in [-0.25, -0.2) is 9.78 Å². The molecule has 0 spiro atoms. The highest BCUT2D eigenvalue weighted by Gasteiger charge is 2.32. The van der Waals surface area contributed by atoms with Gasteiger partial charge < -0.3 is 14.4 Å². The van der Waals surface area contributed by atoms with Gasteiger partial charge in [-0.15, -0.1) is 0 Å². The molecule has 0 unspecified atom stereocenters. The third-order valence-corrected chi connectivity index (χ3v) is 5.71. The first-order valence-corrected chi connectivity index (χ1v) is 10.5. The third-order valence-electron chi connectivity index (χ3n) is 5.71. The molecule has 0 N–H and O–H groups in total. The van der Waals surface area contributed by atoms with Crippen LogP contribution in [0.25, 0.3) is 5.69 Å². The Hall–Kier alpha value is -3.75. The number of rotatable bonds is 5. The van der Waals surface area contributed by atoms with E-state index in [1.807, 2.05) is 30.0 Å². The predicted octanol–water partition coefficient (Wildman–Crippen LogP) is 2.83. The van der Waals surface area contributed by atoms with Crippen LogP contribution in [-0.2, 0) is 4.74 Å². The topological polar surface area (TPSA) is 99.4 Å². The van der Waals surface area contributed by atoms with Gasteiger partial charge in [0.2, 0.25) is 5.88 Å². The summed E-state index contributed by atoms with van der Waals surface area (Å²) in [7, 11) is 1.34. The number of carbonyl (C=O) groups is 2. The molecule has 2 atom stereocenters. The largest absolute Gasteiger partial charge is 0.472 e. The van der Waals surface area contributed by atoms with Crippen LogP contribution in [0.15, 0.2) is 48.9 Å². The number of carbonyl (C=O) groups excluding carboxylic acids is 2. The summed E-state index contributed by atoms with van der Waals surface area (Å²) in [5, 5.41) is 8.34. The Morgan fingerprint density at radius 3 is 2.53 bits per heavy atom. The molecule has 1 aliphatic rings. The number of amides is 1. The van der Waals surface area contributed by atoms with Gasteiger partial charge in [0.25, 0.3) is 5.91 Å². The van der Waals surface area contributed by atoms with Gasteiger partial charge in [-0.05, 0) is 44.9 Å². The lowest BCUT2D eigenvalue weighted by Gasteiger charge is -2.38. The maximum atomic E-state index is 13.5. The van der Waals surface area contributed by atoms with Gasteiger partial charge in [-0.1, -0.05) is 12.1 Å². The molecule has 4 rings (SSSR count). The number of pyridine rings is 1. The van der Waals surface area contributed by atoms with E-state index in [4.69, 9.17) is 9.47 Å².